The molecule has 0 fully saturated rings. The molecule has 0 atom stereocenters. The van der Waals surface area contributed by atoms with Gasteiger partial charge in [0.05, 0.1) is 28.1 Å². The van der Waals surface area contributed by atoms with E-state index in [4.69, 9.17) is 46.4 Å². The number of nitrogens with one attached hydrogen (secondary N) is 2. The van der Waals surface area contributed by atoms with Crippen LogP contribution in [0.25, 0.3) is 0 Å². The van der Waals surface area contributed by atoms with Gasteiger partial charge >= 0.3 is 0 Å². The van der Waals surface area contributed by atoms with Crippen LogP contribution in [0.3, 0.4) is 0 Å². The van der Waals surface area contributed by atoms with Crippen LogP contribution in [0.2, 0.25) is 20.1 Å². The Hall–Kier alpha value is -0.800. The molecule has 0 amide bonds. The molecule has 19 heavy (non-hydrogen) atoms. The summed E-state index contributed by atoms with van der Waals surface area (Å²) in [4.78, 5) is 0. The van der Waals surface area contributed by atoms with Crippen molar-refractivity contribution in [2.24, 2.45) is 0 Å². The van der Waals surface area contributed by atoms with E-state index in [0.29, 0.717) is 26.8 Å². The van der Waals surface area contributed by atoms with Crippen molar-refractivity contribution in [3.63, 3.8) is 0 Å². The number of halogens is 4. The van der Waals surface area contributed by atoms with Crippen LogP contribution in [0.1, 0.15) is 0 Å². The van der Waals surface area contributed by atoms with Gasteiger partial charge in [0.1, 0.15) is 0 Å². The highest BCUT2D eigenvalue weighted by atomic mass is 35.5. The summed E-state index contributed by atoms with van der Waals surface area (Å²) in [6, 6.07) is 10.4. The summed E-state index contributed by atoms with van der Waals surface area (Å²) >= 11 is 23.9. The average Bonchev–Trinajstić information content (AvgIpc) is 2.38. The summed E-state index contributed by atoms with van der Waals surface area (Å²) in [6.07, 6.45) is 0. The van der Waals surface area contributed by atoms with E-state index in [1.165, 1.54) is 0 Å². The van der Waals surface area contributed by atoms with Gasteiger partial charge in [-0.2, -0.15) is 0 Å². The highest BCUT2D eigenvalue weighted by molar-refractivity contribution is 6.35. The quantitative estimate of drug-likeness (QED) is 0.692. The molecule has 0 heterocycles. The fourth-order valence-electron chi connectivity index (χ4n) is 1.50. The molecular formula is C13H10Cl4N2. The summed E-state index contributed by atoms with van der Waals surface area (Å²) in [7, 11) is 0. The van der Waals surface area contributed by atoms with Crippen molar-refractivity contribution in [1.29, 1.82) is 0 Å². The fourth-order valence-corrected chi connectivity index (χ4v) is 2.21. The first kappa shape index (κ1) is 14.6. The Morgan fingerprint density at radius 1 is 0.684 bits per heavy atom. The monoisotopic (exact) mass is 334 g/mol. The van der Waals surface area contributed by atoms with Crippen molar-refractivity contribution >= 4 is 57.8 Å². The Kier molecular flexibility index (Phi) is 5.06. The molecule has 2 aromatic carbocycles. The third kappa shape index (κ3) is 4.08. The van der Waals surface area contributed by atoms with Gasteiger partial charge in [-0.15, -0.1) is 0 Å². The summed E-state index contributed by atoms with van der Waals surface area (Å²) < 4.78 is 0. The lowest BCUT2D eigenvalue weighted by molar-refractivity contribution is 1.22. The van der Waals surface area contributed by atoms with Crippen LogP contribution in [0.5, 0.6) is 0 Å². The molecule has 2 aromatic rings. The van der Waals surface area contributed by atoms with Crippen LogP contribution in [0, 0.1) is 0 Å². The second-order valence-electron chi connectivity index (χ2n) is 3.78. The van der Waals surface area contributed by atoms with Gasteiger partial charge in [-0.25, -0.2) is 0 Å². The maximum atomic E-state index is 6.04. The maximum Gasteiger partial charge on any atom is 0.0850 e. The van der Waals surface area contributed by atoms with E-state index in [-0.39, 0.29) is 0 Å². The molecule has 2 nitrogen and oxygen atoms in total. The van der Waals surface area contributed by atoms with Crippen molar-refractivity contribution in [3.8, 4) is 0 Å². The molecule has 2 rings (SSSR count). The molecule has 0 spiro atoms. The van der Waals surface area contributed by atoms with Gasteiger partial charge in [-0.3, -0.25) is 0 Å². The molecule has 0 saturated carbocycles. The first-order valence-corrected chi connectivity index (χ1v) is 6.95. The number of rotatable bonds is 4. The minimum atomic E-state index is 0.445. The lowest BCUT2D eigenvalue weighted by Gasteiger charge is -2.12. The average molecular weight is 336 g/mol. The van der Waals surface area contributed by atoms with E-state index in [1.54, 1.807) is 36.4 Å². The molecule has 100 valence electrons. The van der Waals surface area contributed by atoms with E-state index in [2.05, 4.69) is 10.6 Å². The Morgan fingerprint density at radius 3 is 1.53 bits per heavy atom. The van der Waals surface area contributed by atoms with Gasteiger partial charge < -0.3 is 10.6 Å². The predicted molar refractivity (Wildman–Crippen MR) is 85.0 cm³/mol. The van der Waals surface area contributed by atoms with Gasteiger partial charge in [-0.05, 0) is 36.4 Å². The Balaban J connectivity index is 2.00. The first-order chi connectivity index (χ1) is 9.06. The normalized spacial score (nSPS) is 10.3. The van der Waals surface area contributed by atoms with Crippen LogP contribution in [0.4, 0.5) is 11.4 Å². The predicted octanol–water partition coefficient (Wildman–Crippen LogP) is 5.78. The summed E-state index contributed by atoms with van der Waals surface area (Å²) in [5, 5.41) is 8.68. The second-order valence-corrected chi connectivity index (χ2v) is 5.47. The lowest BCUT2D eigenvalue weighted by Crippen LogP contribution is -2.12. The van der Waals surface area contributed by atoms with Crippen molar-refractivity contribution in [2.45, 2.75) is 0 Å². The molecule has 0 aliphatic carbocycles. The topological polar surface area (TPSA) is 24.1 Å². The smallest absolute Gasteiger partial charge is 0.0850 e. The number of anilines is 2. The highest BCUT2D eigenvalue weighted by Crippen LogP contribution is 2.27. The summed E-state index contributed by atoms with van der Waals surface area (Å²) in [6.45, 7) is 0.445. The van der Waals surface area contributed by atoms with E-state index in [1.807, 2.05) is 0 Å². The molecule has 6 heteroatoms. The van der Waals surface area contributed by atoms with Crippen molar-refractivity contribution < 1.29 is 0 Å². The molecular weight excluding hydrogens is 326 g/mol. The molecule has 0 aliphatic heterocycles. The maximum absolute atomic E-state index is 6.04. The van der Waals surface area contributed by atoms with Gasteiger partial charge in [0.15, 0.2) is 0 Å². The number of hydrogen-bond donors (Lipinski definition) is 2. The van der Waals surface area contributed by atoms with Crippen LogP contribution in [-0.4, -0.2) is 6.67 Å². The standard InChI is InChI=1S/C13H10Cl4N2/c14-8-1-3-10(16)12(5-8)18-7-19-13-6-9(15)2-4-11(13)17/h1-6,18-19H,7H2. The zero-order chi connectivity index (χ0) is 13.8. The second kappa shape index (κ2) is 6.58. The van der Waals surface area contributed by atoms with Crippen molar-refractivity contribution in [2.75, 3.05) is 17.3 Å². The first-order valence-electron chi connectivity index (χ1n) is 5.44. The molecule has 0 bridgehead atoms. The third-order valence-electron chi connectivity index (χ3n) is 2.41. The third-order valence-corrected chi connectivity index (χ3v) is 3.54. The van der Waals surface area contributed by atoms with Gasteiger partial charge in [0, 0.05) is 10.0 Å². The Morgan fingerprint density at radius 2 is 1.11 bits per heavy atom. The SMILES string of the molecule is Clc1ccc(Cl)c(NCNc2cc(Cl)ccc2Cl)c1. The van der Waals surface area contributed by atoms with Crippen LogP contribution >= 0.6 is 46.4 Å². The van der Waals surface area contributed by atoms with Crippen LogP contribution in [-0.2, 0) is 0 Å². The van der Waals surface area contributed by atoms with Gasteiger partial charge in [-0.1, -0.05) is 46.4 Å². The van der Waals surface area contributed by atoms with E-state index in [9.17, 15) is 0 Å². The molecule has 0 saturated heterocycles. The van der Waals surface area contributed by atoms with E-state index < -0.39 is 0 Å². The molecule has 0 radical (unpaired) electrons. The Bertz CT molecular complexity index is 535. The molecule has 0 aliphatic rings. The molecule has 2 N–H and O–H groups in total. The van der Waals surface area contributed by atoms with Gasteiger partial charge in [0.25, 0.3) is 0 Å². The van der Waals surface area contributed by atoms with Crippen molar-refractivity contribution in [3.05, 3.63) is 56.5 Å². The van der Waals surface area contributed by atoms with Crippen molar-refractivity contribution in [1.82, 2.24) is 0 Å². The molecule has 0 aromatic heterocycles. The van der Waals surface area contributed by atoms with Crippen LogP contribution < -0.4 is 10.6 Å². The largest absolute Gasteiger partial charge is 0.367 e. The lowest BCUT2D eigenvalue weighted by atomic mass is 10.3. The summed E-state index contributed by atoms with van der Waals surface area (Å²) in [5.74, 6) is 0. The van der Waals surface area contributed by atoms with E-state index >= 15 is 0 Å². The minimum Gasteiger partial charge on any atom is -0.367 e. The molecule has 0 unspecified atom stereocenters. The number of hydrogen-bond acceptors (Lipinski definition) is 2. The minimum absolute atomic E-state index is 0.445. The van der Waals surface area contributed by atoms with E-state index in [0.717, 1.165) is 11.4 Å². The number of benzene rings is 2. The van der Waals surface area contributed by atoms with Crippen LogP contribution in [0.15, 0.2) is 36.4 Å². The Labute approximate surface area is 131 Å². The van der Waals surface area contributed by atoms with Gasteiger partial charge in [0.2, 0.25) is 0 Å². The summed E-state index contributed by atoms with van der Waals surface area (Å²) in [5.41, 5.74) is 1.50. The zero-order valence-corrected chi connectivity index (χ0v) is 12.7. The fraction of sp³-hybridized carbons (Fsp3) is 0.0769. The highest BCUT2D eigenvalue weighted by Gasteiger charge is 2.02. The zero-order valence-electron chi connectivity index (χ0n) is 9.68.